The van der Waals surface area contributed by atoms with E-state index >= 15 is 0 Å². The quantitative estimate of drug-likeness (QED) is 0.720. The molecule has 0 amide bonds. The summed E-state index contributed by atoms with van der Waals surface area (Å²) in [5.74, 6) is -0.444. The molecule has 1 aliphatic heterocycles. The Balaban J connectivity index is 1.74. The molecule has 1 fully saturated rings. The van der Waals surface area contributed by atoms with Crippen LogP contribution >= 0.6 is 23.1 Å². The summed E-state index contributed by atoms with van der Waals surface area (Å²) in [7, 11) is 0. The van der Waals surface area contributed by atoms with Crippen LogP contribution in [0.1, 0.15) is 43.6 Å². The van der Waals surface area contributed by atoms with E-state index in [0.29, 0.717) is 6.61 Å². The Morgan fingerprint density at radius 3 is 2.48 bits per heavy atom. The Bertz CT molecular complexity index is 718. The molecule has 0 radical (unpaired) electrons. The lowest BCUT2D eigenvalue weighted by molar-refractivity contribution is -0.159. The van der Waals surface area contributed by atoms with Crippen LogP contribution < -0.4 is 0 Å². The van der Waals surface area contributed by atoms with Gasteiger partial charge in [-0.1, -0.05) is 23.9 Å². The van der Waals surface area contributed by atoms with Gasteiger partial charge in [0.05, 0.1) is 10.8 Å². The van der Waals surface area contributed by atoms with Gasteiger partial charge in [0, 0.05) is 10.5 Å². The molecule has 2 heterocycles. The smallest absolute Gasteiger partial charge is 0.164 e. The molecule has 0 N–H and O–H groups in total. The highest BCUT2D eigenvalue weighted by Gasteiger charge is 2.43. The van der Waals surface area contributed by atoms with Gasteiger partial charge in [0.1, 0.15) is 5.60 Å². The molecule has 0 aliphatic carbocycles. The molecule has 1 aromatic carbocycles. The standard InChI is InChI=1S/C18H20O3S2/c1-12(19)13-5-7-15(8-6-13)23-16-9-14(10-22-16)18(4)11-20-17(2,3)21-18/h5-10H,11H2,1-4H3/t18-/m0/s1. The molecule has 0 bridgehead atoms. The van der Waals surface area contributed by atoms with Crippen LogP contribution in [0.15, 0.2) is 44.8 Å². The summed E-state index contributed by atoms with van der Waals surface area (Å²) >= 11 is 3.40. The zero-order valence-electron chi connectivity index (χ0n) is 13.7. The van der Waals surface area contributed by atoms with E-state index in [1.807, 2.05) is 38.1 Å². The van der Waals surface area contributed by atoms with Gasteiger partial charge in [-0.15, -0.1) is 11.3 Å². The average molecular weight is 348 g/mol. The third-order valence-electron chi connectivity index (χ3n) is 3.83. The van der Waals surface area contributed by atoms with Gasteiger partial charge in [0.2, 0.25) is 0 Å². The van der Waals surface area contributed by atoms with Crippen LogP contribution in [0.3, 0.4) is 0 Å². The maximum absolute atomic E-state index is 11.3. The highest BCUT2D eigenvalue weighted by molar-refractivity contribution is 8.01. The zero-order valence-corrected chi connectivity index (χ0v) is 15.3. The van der Waals surface area contributed by atoms with Crippen molar-refractivity contribution >= 4 is 28.9 Å². The van der Waals surface area contributed by atoms with E-state index in [1.165, 1.54) is 4.21 Å². The van der Waals surface area contributed by atoms with Gasteiger partial charge in [-0.05, 0) is 56.8 Å². The zero-order chi connectivity index (χ0) is 16.7. The summed E-state index contributed by atoms with van der Waals surface area (Å²) in [5, 5.41) is 2.14. The summed E-state index contributed by atoms with van der Waals surface area (Å²) in [5.41, 5.74) is 1.50. The largest absolute Gasteiger partial charge is 0.347 e. The molecule has 0 unspecified atom stereocenters. The van der Waals surface area contributed by atoms with Gasteiger partial charge in [-0.3, -0.25) is 4.79 Å². The van der Waals surface area contributed by atoms with Crippen LogP contribution in [0.5, 0.6) is 0 Å². The van der Waals surface area contributed by atoms with Gasteiger partial charge in [0.25, 0.3) is 0 Å². The third-order valence-corrected chi connectivity index (χ3v) is 5.92. The van der Waals surface area contributed by atoms with Crippen molar-refractivity contribution in [2.24, 2.45) is 0 Å². The van der Waals surface area contributed by atoms with Crippen LogP contribution in [-0.2, 0) is 15.1 Å². The minimum atomic E-state index is -0.535. The topological polar surface area (TPSA) is 35.5 Å². The number of benzene rings is 1. The average Bonchev–Trinajstić information content (AvgIpc) is 3.05. The van der Waals surface area contributed by atoms with Crippen molar-refractivity contribution in [2.75, 3.05) is 6.61 Å². The number of thiophene rings is 1. The SMILES string of the molecule is CC(=O)c1ccc(Sc2cc([C@]3(C)COC(C)(C)O3)cs2)cc1. The van der Waals surface area contributed by atoms with E-state index in [4.69, 9.17) is 9.47 Å². The number of Topliss-reactive ketones (excluding diaryl/α,β-unsaturated/α-hetero) is 1. The number of rotatable bonds is 4. The molecule has 2 aromatic rings. The first-order valence-corrected chi connectivity index (χ1v) is 9.19. The number of carbonyl (C=O) groups excluding carboxylic acids is 1. The van der Waals surface area contributed by atoms with Crippen molar-refractivity contribution in [1.82, 2.24) is 0 Å². The van der Waals surface area contributed by atoms with Crippen LogP contribution in [-0.4, -0.2) is 18.2 Å². The molecule has 0 saturated carbocycles. The number of hydrogen-bond donors (Lipinski definition) is 0. The summed E-state index contributed by atoms with van der Waals surface area (Å²) in [6.07, 6.45) is 0. The third kappa shape index (κ3) is 3.69. The van der Waals surface area contributed by atoms with Gasteiger partial charge in [-0.25, -0.2) is 0 Å². The van der Waals surface area contributed by atoms with Gasteiger partial charge < -0.3 is 9.47 Å². The molecule has 1 atom stereocenters. The van der Waals surface area contributed by atoms with E-state index < -0.39 is 11.4 Å². The van der Waals surface area contributed by atoms with Gasteiger partial charge >= 0.3 is 0 Å². The van der Waals surface area contributed by atoms with Gasteiger partial charge in [0.15, 0.2) is 11.6 Å². The van der Waals surface area contributed by atoms with Crippen LogP contribution in [0, 0.1) is 0 Å². The van der Waals surface area contributed by atoms with E-state index in [2.05, 4.69) is 18.4 Å². The van der Waals surface area contributed by atoms with Crippen molar-refractivity contribution in [3.63, 3.8) is 0 Å². The maximum Gasteiger partial charge on any atom is 0.164 e. The highest BCUT2D eigenvalue weighted by atomic mass is 32.2. The summed E-state index contributed by atoms with van der Waals surface area (Å²) in [4.78, 5) is 12.4. The first kappa shape index (κ1) is 16.7. The summed E-state index contributed by atoms with van der Waals surface area (Å²) < 4.78 is 13.0. The Morgan fingerprint density at radius 1 is 1.22 bits per heavy atom. The van der Waals surface area contributed by atoms with E-state index in [0.717, 1.165) is 16.0 Å². The van der Waals surface area contributed by atoms with E-state index in [1.54, 1.807) is 30.0 Å². The first-order valence-electron chi connectivity index (χ1n) is 7.49. The van der Waals surface area contributed by atoms with Crippen molar-refractivity contribution in [3.8, 4) is 0 Å². The molecule has 0 spiro atoms. The van der Waals surface area contributed by atoms with Crippen molar-refractivity contribution in [2.45, 2.75) is 48.2 Å². The number of carbonyl (C=O) groups is 1. The predicted molar refractivity (Wildman–Crippen MR) is 93.4 cm³/mol. The second kappa shape index (κ2) is 6.06. The van der Waals surface area contributed by atoms with Crippen molar-refractivity contribution in [1.29, 1.82) is 0 Å². The van der Waals surface area contributed by atoms with Crippen LogP contribution in [0.4, 0.5) is 0 Å². The minimum Gasteiger partial charge on any atom is -0.347 e. The highest BCUT2D eigenvalue weighted by Crippen LogP contribution is 2.42. The monoisotopic (exact) mass is 348 g/mol. The van der Waals surface area contributed by atoms with Crippen LogP contribution in [0.25, 0.3) is 0 Å². The Morgan fingerprint density at radius 2 is 1.91 bits per heavy atom. The molecular weight excluding hydrogens is 328 g/mol. The van der Waals surface area contributed by atoms with Crippen LogP contribution in [0.2, 0.25) is 0 Å². The lowest BCUT2D eigenvalue weighted by atomic mass is 10.0. The predicted octanol–water partition coefficient (Wildman–Crippen LogP) is 5.10. The van der Waals surface area contributed by atoms with Gasteiger partial charge in [-0.2, -0.15) is 0 Å². The molecule has 1 aliphatic rings. The summed E-state index contributed by atoms with van der Waals surface area (Å²) in [6, 6.07) is 9.88. The molecule has 1 saturated heterocycles. The minimum absolute atomic E-state index is 0.0916. The Labute approximate surface area is 145 Å². The van der Waals surface area contributed by atoms with Crippen molar-refractivity contribution < 1.29 is 14.3 Å². The van der Waals surface area contributed by atoms with Crippen molar-refractivity contribution in [3.05, 3.63) is 46.8 Å². The fourth-order valence-corrected chi connectivity index (χ4v) is 4.65. The molecule has 122 valence electrons. The molecule has 3 rings (SSSR count). The number of ether oxygens (including phenoxy) is 2. The van der Waals surface area contributed by atoms with E-state index in [-0.39, 0.29) is 5.78 Å². The molecule has 3 nitrogen and oxygen atoms in total. The maximum atomic E-state index is 11.3. The normalized spacial score (nSPS) is 23.1. The van der Waals surface area contributed by atoms with E-state index in [9.17, 15) is 4.79 Å². The Kier molecular flexibility index (Phi) is 4.40. The number of hydrogen-bond acceptors (Lipinski definition) is 5. The first-order chi connectivity index (χ1) is 10.8. The molecule has 5 heteroatoms. The number of ketones is 1. The second-order valence-electron chi connectivity index (χ2n) is 6.36. The fourth-order valence-electron chi connectivity index (χ4n) is 2.58. The summed E-state index contributed by atoms with van der Waals surface area (Å²) in [6.45, 7) is 8.10. The lowest BCUT2D eigenvalue weighted by Gasteiger charge is -2.24. The molecule has 1 aromatic heterocycles. The molecular formula is C18H20O3S2. The fraction of sp³-hybridized carbons (Fsp3) is 0.389. The lowest BCUT2D eigenvalue weighted by Crippen LogP contribution is -2.27. The second-order valence-corrected chi connectivity index (χ2v) is 8.64. The molecule has 23 heavy (non-hydrogen) atoms. The Hall–Kier alpha value is -1.14.